The maximum atomic E-state index is 13.0. The molecule has 4 heterocycles. The zero-order valence-electron chi connectivity index (χ0n) is 27.5. The van der Waals surface area contributed by atoms with Crippen LogP contribution in [0.1, 0.15) is 34.5 Å². The van der Waals surface area contributed by atoms with Gasteiger partial charge in [0.05, 0.1) is 6.54 Å². The number of amides is 1. The van der Waals surface area contributed by atoms with Crippen LogP contribution in [0.5, 0.6) is 0 Å². The molecule has 254 valence electrons. The van der Waals surface area contributed by atoms with Gasteiger partial charge in [0.25, 0.3) is 11.5 Å². The molecule has 0 atom stereocenters. The summed E-state index contributed by atoms with van der Waals surface area (Å²) in [6.07, 6.45) is 2.86. The topological polar surface area (TPSA) is 72.8 Å². The van der Waals surface area contributed by atoms with Crippen LogP contribution in [-0.4, -0.2) is 74.3 Å². The van der Waals surface area contributed by atoms with Crippen molar-refractivity contribution in [2.45, 2.75) is 26.9 Å². The molecular weight excluding hydrogens is 608 g/mol. The number of carbonyl (C=O) groups excluding carboxylic acids is 1. The molecule has 1 amide bonds. The molecule has 3 aliphatic heterocycles. The number of pyridine rings is 1. The molecule has 0 spiro atoms. The predicted molar refractivity (Wildman–Crippen MR) is 202 cm³/mol. The van der Waals surface area contributed by atoms with Crippen molar-refractivity contribution in [2.75, 3.05) is 68.7 Å². The van der Waals surface area contributed by atoms with Gasteiger partial charge in [-0.05, 0) is 53.4 Å². The first kappa shape index (κ1) is 34.0. The summed E-state index contributed by atoms with van der Waals surface area (Å²) in [7, 11) is 0. The highest BCUT2D eigenvalue weighted by Crippen LogP contribution is 2.30. The molecule has 8 nitrogen and oxygen atoms in total. The Hall–Kier alpha value is -4.92. The number of piperazine rings is 2. The predicted octanol–water partition coefficient (Wildman–Crippen LogP) is 5.39. The molecule has 0 radical (unpaired) electrons. The van der Waals surface area contributed by atoms with Crippen LogP contribution in [0, 0.1) is 0 Å². The molecule has 1 aromatic heterocycles. The summed E-state index contributed by atoms with van der Waals surface area (Å²) in [6, 6.07) is 34.6. The van der Waals surface area contributed by atoms with E-state index in [4.69, 9.17) is 0 Å². The summed E-state index contributed by atoms with van der Waals surface area (Å²) >= 11 is 0. The first-order chi connectivity index (χ1) is 23.7. The van der Waals surface area contributed by atoms with Crippen LogP contribution in [0.3, 0.4) is 0 Å². The van der Waals surface area contributed by atoms with Crippen molar-refractivity contribution in [3.8, 4) is 0 Å². The third-order valence-electron chi connectivity index (χ3n) is 9.62. The van der Waals surface area contributed by atoms with Crippen molar-refractivity contribution < 1.29 is 4.79 Å². The van der Waals surface area contributed by atoms with Crippen molar-refractivity contribution in [2.24, 2.45) is 0 Å². The summed E-state index contributed by atoms with van der Waals surface area (Å²) in [4.78, 5) is 32.6. The highest BCUT2D eigenvalue weighted by molar-refractivity contribution is 5.98. The third kappa shape index (κ3) is 7.71. The lowest BCUT2D eigenvalue weighted by Gasteiger charge is -2.35. The highest BCUT2D eigenvalue weighted by atomic mass is 16.2. The average Bonchev–Trinajstić information content (AvgIpc) is 3.15. The summed E-state index contributed by atoms with van der Waals surface area (Å²) in [6.45, 7) is 10.1. The number of nitrogens with one attached hydrogen (secondary N) is 2. The van der Waals surface area contributed by atoms with Crippen molar-refractivity contribution in [1.29, 1.82) is 0 Å². The Morgan fingerprint density at radius 2 is 1.12 bits per heavy atom. The quantitative estimate of drug-likeness (QED) is 0.256. The van der Waals surface area contributed by atoms with E-state index in [2.05, 4.69) is 50.8 Å². The second kappa shape index (κ2) is 16.0. The molecule has 4 aromatic carbocycles. The molecule has 8 rings (SSSR count). The van der Waals surface area contributed by atoms with Gasteiger partial charge in [-0.15, -0.1) is 0 Å². The Bertz CT molecular complexity index is 1900. The van der Waals surface area contributed by atoms with E-state index in [1.807, 2.05) is 83.9 Å². The molecule has 8 heteroatoms. The van der Waals surface area contributed by atoms with Crippen molar-refractivity contribution >= 4 is 28.1 Å². The molecule has 0 bridgehead atoms. The minimum atomic E-state index is 0. The fraction of sp³-hybridized carbons (Fsp3) is 0.317. The second-order valence-corrected chi connectivity index (χ2v) is 12.7. The lowest BCUT2D eigenvalue weighted by molar-refractivity contribution is 0.0727. The van der Waals surface area contributed by atoms with E-state index in [-0.39, 0.29) is 18.9 Å². The van der Waals surface area contributed by atoms with E-state index in [1.165, 1.54) is 16.8 Å². The number of anilines is 2. The van der Waals surface area contributed by atoms with Crippen LogP contribution in [0.4, 0.5) is 11.4 Å². The zero-order valence-corrected chi connectivity index (χ0v) is 27.5. The van der Waals surface area contributed by atoms with Crippen LogP contribution in [0.15, 0.2) is 114 Å². The number of rotatable bonds is 6. The largest absolute Gasteiger partial charge is 0.369 e. The molecule has 0 saturated carbocycles. The monoisotopic (exact) mass is 656 g/mol. The van der Waals surface area contributed by atoms with Gasteiger partial charge in [-0.1, -0.05) is 80.2 Å². The smallest absolute Gasteiger partial charge is 0.258 e. The van der Waals surface area contributed by atoms with Gasteiger partial charge in [0.15, 0.2) is 0 Å². The fourth-order valence-electron chi connectivity index (χ4n) is 7.10. The first-order valence-corrected chi connectivity index (χ1v) is 17.2. The van der Waals surface area contributed by atoms with Gasteiger partial charge >= 0.3 is 0 Å². The van der Waals surface area contributed by atoms with Gasteiger partial charge in [-0.25, -0.2) is 0 Å². The summed E-state index contributed by atoms with van der Waals surface area (Å²) in [5.41, 5.74) is 6.93. The van der Waals surface area contributed by atoms with Crippen molar-refractivity contribution in [3.63, 3.8) is 0 Å². The molecule has 2 N–H and O–H groups in total. The molecule has 2 fully saturated rings. The van der Waals surface area contributed by atoms with Crippen LogP contribution in [0.25, 0.3) is 10.8 Å². The fourth-order valence-corrected chi connectivity index (χ4v) is 7.10. The molecule has 5 aromatic rings. The normalized spacial score (nSPS) is 16.0. The van der Waals surface area contributed by atoms with Gasteiger partial charge in [0.1, 0.15) is 0 Å². The second-order valence-electron chi connectivity index (χ2n) is 12.7. The Labute approximate surface area is 290 Å². The van der Waals surface area contributed by atoms with Crippen LogP contribution in [0.2, 0.25) is 0 Å². The number of benzene rings is 4. The molecule has 0 unspecified atom stereocenters. The van der Waals surface area contributed by atoms with E-state index < -0.39 is 0 Å². The average molecular weight is 657 g/mol. The molecule has 49 heavy (non-hydrogen) atoms. The Morgan fingerprint density at radius 1 is 0.551 bits per heavy atom. The van der Waals surface area contributed by atoms with Gasteiger partial charge in [-0.3, -0.25) is 9.59 Å². The molecular formula is C41H48N6O2. The Balaban J connectivity index is 0.000000167. The maximum Gasteiger partial charge on any atom is 0.258 e. The summed E-state index contributed by atoms with van der Waals surface area (Å²) in [5.74, 6) is 0.164. The molecule has 0 aliphatic carbocycles. The standard InChI is InChI=1S/C20H23N3O.C20H21N3O.CH4/c2*24-20-18-7-4-8-19(22-13-10-21-11-14-22)17(18)9-12-23(20)15-16-5-2-1-3-6-16;/h1-8,21H,9-15H2;1-9,12,21H,10-11,13-15H2;1H4. The van der Waals surface area contributed by atoms with Gasteiger partial charge in [0, 0.05) is 99.4 Å². The molecule has 2 saturated heterocycles. The van der Waals surface area contributed by atoms with Crippen molar-refractivity contribution in [1.82, 2.24) is 20.1 Å². The first-order valence-electron chi connectivity index (χ1n) is 17.2. The summed E-state index contributed by atoms with van der Waals surface area (Å²) in [5, 5.41) is 8.61. The number of hydrogen-bond donors (Lipinski definition) is 2. The number of fused-ring (bicyclic) bond motifs is 2. The van der Waals surface area contributed by atoms with Crippen LogP contribution >= 0.6 is 0 Å². The highest BCUT2D eigenvalue weighted by Gasteiger charge is 2.28. The van der Waals surface area contributed by atoms with E-state index in [0.29, 0.717) is 13.1 Å². The number of nitrogens with zero attached hydrogens (tertiary/aromatic N) is 4. The number of hydrogen-bond acceptors (Lipinski definition) is 6. The number of aromatic nitrogens is 1. The van der Waals surface area contributed by atoms with E-state index in [9.17, 15) is 9.59 Å². The SMILES string of the molecule is C.O=C1c2cccc(N3CCNCC3)c2CCN1Cc1ccccc1.O=c1c2cccc(N3CCNCC3)c2ccn1Cc1ccccc1. The maximum absolute atomic E-state index is 13.0. The van der Waals surface area contributed by atoms with E-state index >= 15 is 0 Å². The Kier molecular flexibility index (Phi) is 11.1. The minimum Gasteiger partial charge on any atom is -0.369 e. The van der Waals surface area contributed by atoms with E-state index in [1.54, 1.807) is 4.57 Å². The van der Waals surface area contributed by atoms with E-state index in [0.717, 1.165) is 92.9 Å². The molecule has 3 aliphatic rings. The van der Waals surface area contributed by atoms with Crippen molar-refractivity contribution in [3.05, 3.63) is 142 Å². The minimum absolute atomic E-state index is 0. The lowest BCUT2D eigenvalue weighted by atomic mass is 9.95. The lowest BCUT2D eigenvalue weighted by Crippen LogP contribution is -2.45. The Morgan fingerprint density at radius 3 is 1.78 bits per heavy atom. The van der Waals surface area contributed by atoms with Gasteiger partial charge in [0.2, 0.25) is 0 Å². The third-order valence-corrected chi connectivity index (χ3v) is 9.62. The zero-order chi connectivity index (χ0) is 32.7. The van der Waals surface area contributed by atoms with Crippen LogP contribution in [-0.2, 0) is 19.5 Å². The van der Waals surface area contributed by atoms with Gasteiger partial charge < -0.3 is 29.9 Å². The number of carbonyl (C=O) groups is 1. The van der Waals surface area contributed by atoms with Crippen LogP contribution < -0.4 is 26.0 Å². The van der Waals surface area contributed by atoms with Gasteiger partial charge in [-0.2, -0.15) is 0 Å². The summed E-state index contributed by atoms with van der Waals surface area (Å²) < 4.78 is 1.79.